The van der Waals surface area contributed by atoms with E-state index in [9.17, 15) is 13.2 Å². The number of carbonyl (C=O) groups is 1. The number of methoxy groups -OCH3 is 1. The Kier molecular flexibility index (Phi) is 7.32. The number of hydrogen-bond acceptors (Lipinski definition) is 4. The monoisotopic (exact) mass is 424 g/mol. The predicted molar refractivity (Wildman–Crippen MR) is 112 cm³/mol. The van der Waals surface area contributed by atoms with E-state index >= 15 is 0 Å². The number of benzene rings is 2. The highest BCUT2D eigenvalue weighted by Crippen LogP contribution is 2.31. The zero-order chi connectivity index (χ0) is 20.9. The lowest BCUT2D eigenvalue weighted by atomic mass is 10.1. The molecule has 8 heteroatoms. The van der Waals surface area contributed by atoms with Crippen molar-refractivity contribution in [1.29, 1.82) is 0 Å². The van der Waals surface area contributed by atoms with Gasteiger partial charge in [0, 0.05) is 6.54 Å². The maximum Gasteiger partial charge on any atom is 0.244 e. The number of nitrogens with zero attached hydrogens (tertiary/aromatic N) is 1. The lowest BCUT2D eigenvalue weighted by Crippen LogP contribution is -2.49. The van der Waals surface area contributed by atoms with E-state index in [1.165, 1.54) is 13.2 Å². The van der Waals surface area contributed by atoms with E-state index in [2.05, 4.69) is 5.32 Å². The number of aryl methyl sites for hydroxylation is 1. The Bertz CT molecular complexity index is 947. The average molecular weight is 425 g/mol. The molecule has 0 aliphatic rings. The Morgan fingerprint density at radius 2 is 1.93 bits per heavy atom. The zero-order valence-corrected chi connectivity index (χ0v) is 18.0. The normalized spacial score (nSPS) is 12.3. The summed E-state index contributed by atoms with van der Waals surface area (Å²) in [6.45, 7) is 4.05. The van der Waals surface area contributed by atoms with Crippen molar-refractivity contribution in [3.05, 3.63) is 58.6 Å². The number of halogens is 1. The Balaban J connectivity index is 2.31. The molecule has 1 atom stereocenters. The van der Waals surface area contributed by atoms with Gasteiger partial charge in [-0.15, -0.1) is 0 Å². The highest BCUT2D eigenvalue weighted by molar-refractivity contribution is 7.92. The minimum atomic E-state index is -3.73. The lowest BCUT2D eigenvalue weighted by Gasteiger charge is -2.30. The van der Waals surface area contributed by atoms with Gasteiger partial charge in [0.25, 0.3) is 0 Å². The van der Waals surface area contributed by atoms with E-state index < -0.39 is 16.1 Å². The van der Waals surface area contributed by atoms with Gasteiger partial charge in [0.15, 0.2) is 0 Å². The zero-order valence-electron chi connectivity index (χ0n) is 16.4. The number of rotatable bonds is 8. The van der Waals surface area contributed by atoms with Crippen LogP contribution < -0.4 is 14.4 Å². The van der Waals surface area contributed by atoms with Gasteiger partial charge in [-0.3, -0.25) is 9.10 Å². The number of ether oxygens (including phenoxy) is 1. The molecule has 2 rings (SSSR count). The Labute approximate surface area is 171 Å². The summed E-state index contributed by atoms with van der Waals surface area (Å²) >= 11 is 6.16. The molecule has 0 radical (unpaired) electrons. The average Bonchev–Trinajstić information content (AvgIpc) is 2.64. The second kappa shape index (κ2) is 9.30. The quantitative estimate of drug-likeness (QED) is 0.703. The molecule has 1 amide bonds. The molecule has 0 aliphatic heterocycles. The highest BCUT2D eigenvalue weighted by atomic mass is 35.5. The fraction of sp³-hybridized carbons (Fsp3) is 0.350. The second-order valence-corrected chi connectivity index (χ2v) is 8.71. The van der Waals surface area contributed by atoms with E-state index in [0.717, 1.165) is 21.7 Å². The minimum absolute atomic E-state index is 0.267. The fourth-order valence-electron chi connectivity index (χ4n) is 2.96. The second-order valence-electron chi connectivity index (χ2n) is 6.45. The van der Waals surface area contributed by atoms with Crippen LogP contribution >= 0.6 is 11.6 Å². The molecule has 0 aromatic heterocycles. The third kappa shape index (κ3) is 5.17. The third-order valence-electron chi connectivity index (χ3n) is 4.43. The van der Waals surface area contributed by atoms with Crippen LogP contribution in [-0.4, -0.2) is 33.7 Å². The van der Waals surface area contributed by atoms with Crippen LogP contribution in [0.4, 0.5) is 5.69 Å². The summed E-state index contributed by atoms with van der Waals surface area (Å²) < 4.78 is 31.2. The molecule has 0 aliphatic carbocycles. The molecule has 0 heterocycles. The number of carbonyl (C=O) groups excluding carboxylic acids is 1. The van der Waals surface area contributed by atoms with Crippen molar-refractivity contribution in [2.75, 3.05) is 17.7 Å². The molecule has 2 aromatic rings. The van der Waals surface area contributed by atoms with Crippen molar-refractivity contribution in [2.45, 2.75) is 32.9 Å². The first kappa shape index (κ1) is 22.0. The van der Waals surface area contributed by atoms with Crippen LogP contribution in [0.1, 0.15) is 24.5 Å². The molecule has 1 N–H and O–H groups in total. The van der Waals surface area contributed by atoms with E-state index in [-0.39, 0.29) is 10.9 Å². The molecule has 0 saturated carbocycles. The third-order valence-corrected chi connectivity index (χ3v) is 5.91. The topological polar surface area (TPSA) is 75.7 Å². The smallest absolute Gasteiger partial charge is 0.244 e. The van der Waals surface area contributed by atoms with Crippen molar-refractivity contribution in [2.24, 2.45) is 0 Å². The van der Waals surface area contributed by atoms with Crippen LogP contribution in [0.3, 0.4) is 0 Å². The van der Waals surface area contributed by atoms with Gasteiger partial charge in [0.05, 0.1) is 24.1 Å². The van der Waals surface area contributed by atoms with Gasteiger partial charge < -0.3 is 10.1 Å². The van der Waals surface area contributed by atoms with Gasteiger partial charge in [-0.2, -0.15) is 0 Å². The summed E-state index contributed by atoms with van der Waals surface area (Å²) in [5.74, 6) is 0.0547. The maximum atomic E-state index is 12.9. The van der Waals surface area contributed by atoms with Crippen LogP contribution in [-0.2, 0) is 21.4 Å². The van der Waals surface area contributed by atoms with Crippen molar-refractivity contribution >= 4 is 33.2 Å². The van der Waals surface area contributed by atoms with Crippen LogP contribution in [0, 0.1) is 6.92 Å². The summed E-state index contributed by atoms with van der Waals surface area (Å²) in [4.78, 5) is 12.9. The molecule has 0 unspecified atom stereocenters. The molecule has 0 spiro atoms. The molecular weight excluding hydrogens is 400 g/mol. The van der Waals surface area contributed by atoms with E-state index in [4.69, 9.17) is 16.3 Å². The predicted octanol–water partition coefficient (Wildman–Crippen LogP) is 3.52. The summed E-state index contributed by atoms with van der Waals surface area (Å²) in [5.41, 5.74) is 2.34. The Morgan fingerprint density at radius 1 is 1.25 bits per heavy atom. The standard InChI is InChI=1S/C20H25ClN2O4S/c1-5-18(20(24)22-13-15-9-7-6-8-14(15)2)23(28(4,25)26)16-10-11-19(27-3)17(21)12-16/h6-12,18H,5,13H2,1-4H3,(H,22,24)/t18-/m0/s1. The van der Waals surface area contributed by atoms with Crippen LogP contribution in [0.15, 0.2) is 42.5 Å². The van der Waals surface area contributed by atoms with Gasteiger partial charge >= 0.3 is 0 Å². The molecule has 0 bridgehead atoms. The Hall–Kier alpha value is -2.25. The van der Waals surface area contributed by atoms with Crippen LogP contribution in [0.25, 0.3) is 0 Å². The number of sulfonamides is 1. The van der Waals surface area contributed by atoms with Gasteiger partial charge in [-0.25, -0.2) is 8.42 Å². The summed E-state index contributed by atoms with van der Waals surface area (Å²) in [7, 11) is -2.25. The highest BCUT2D eigenvalue weighted by Gasteiger charge is 2.31. The van der Waals surface area contributed by atoms with E-state index in [1.54, 1.807) is 19.1 Å². The van der Waals surface area contributed by atoms with Crippen molar-refractivity contribution in [3.8, 4) is 5.75 Å². The number of hydrogen-bond donors (Lipinski definition) is 1. The van der Waals surface area contributed by atoms with Gasteiger partial charge in [-0.1, -0.05) is 42.8 Å². The number of nitrogens with one attached hydrogen (secondary N) is 1. The SMILES string of the molecule is CC[C@@H](C(=O)NCc1ccccc1C)N(c1ccc(OC)c(Cl)c1)S(C)(=O)=O. The molecular formula is C20H25ClN2O4S. The minimum Gasteiger partial charge on any atom is -0.495 e. The molecule has 0 fully saturated rings. The number of anilines is 1. The van der Waals surface area contributed by atoms with E-state index in [1.807, 2.05) is 31.2 Å². The van der Waals surface area contributed by atoms with Gasteiger partial charge in [0.2, 0.25) is 15.9 Å². The van der Waals surface area contributed by atoms with Gasteiger partial charge in [0.1, 0.15) is 11.8 Å². The summed E-state index contributed by atoms with van der Waals surface area (Å²) in [6.07, 6.45) is 1.37. The number of amides is 1. The van der Waals surface area contributed by atoms with Crippen molar-refractivity contribution in [3.63, 3.8) is 0 Å². The van der Waals surface area contributed by atoms with Crippen molar-refractivity contribution < 1.29 is 17.9 Å². The molecule has 2 aromatic carbocycles. The van der Waals surface area contributed by atoms with Crippen molar-refractivity contribution in [1.82, 2.24) is 5.32 Å². The van der Waals surface area contributed by atoms with Gasteiger partial charge in [-0.05, 0) is 42.7 Å². The fourth-order valence-corrected chi connectivity index (χ4v) is 4.42. The Morgan fingerprint density at radius 3 is 2.46 bits per heavy atom. The molecule has 28 heavy (non-hydrogen) atoms. The van der Waals surface area contributed by atoms with Crippen LogP contribution in [0.2, 0.25) is 5.02 Å². The maximum absolute atomic E-state index is 12.9. The molecule has 152 valence electrons. The summed E-state index contributed by atoms with van der Waals surface area (Å²) in [6, 6.07) is 11.4. The first-order valence-corrected chi connectivity index (χ1v) is 11.1. The van der Waals surface area contributed by atoms with E-state index in [0.29, 0.717) is 24.4 Å². The lowest BCUT2D eigenvalue weighted by molar-refractivity contribution is -0.122. The van der Waals surface area contributed by atoms with Crippen LogP contribution in [0.5, 0.6) is 5.75 Å². The molecule has 0 saturated heterocycles. The summed E-state index contributed by atoms with van der Waals surface area (Å²) in [5, 5.41) is 3.12. The first-order chi connectivity index (χ1) is 13.2. The molecule has 6 nitrogen and oxygen atoms in total. The first-order valence-electron chi connectivity index (χ1n) is 8.84. The largest absolute Gasteiger partial charge is 0.495 e.